The summed E-state index contributed by atoms with van der Waals surface area (Å²) in [7, 11) is 0. The molecule has 0 spiro atoms. The standard InChI is InChI=1S/C6H12N6O/c7-5-11-10-4(12(5)8)6(13)1-2-9-3-6/h9,13H,1-3,8H2,(H2,7,11). The van der Waals surface area contributed by atoms with Crippen LogP contribution in [-0.2, 0) is 5.60 Å². The summed E-state index contributed by atoms with van der Waals surface area (Å²) in [5, 5.41) is 20.4. The Morgan fingerprint density at radius 3 is 2.77 bits per heavy atom. The highest BCUT2D eigenvalue weighted by atomic mass is 16.3. The van der Waals surface area contributed by atoms with E-state index in [-0.39, 0.29) is 5.95 Å². The van der Waals surface area contributed by atoms with Crippen LogP contribution >= 0.6 is 0 Å². The fraction of sp³-hybridized carbons (Fsp3) is 0.667. The molecule has 1 aliphatic rings. The third kappa shape index (κ3) is 1.12. The number of aliphatic hydroxyl groups is 1. The zero-order chi connectivity index (χ0) is 9.47. The summed E-state index contributed by atoms with van der Waals surface area (Å²) in [5.41, 5.74) is 4.37. The summed E-state index contributed by atoms with van der Waals surface area (Å²) < 4.78 is 1.12. The Bertz CT molecular complexity index is 315. The van der Waals surface area contributed by atoms with Crippen molar-refractivity contribution in [3.63, 3.8) is 0 Å². The van der Waals surface area contributed by atoms with Crippen LogP contribution in [0.4, 0.5) is 5.95 Å². The molecule has 72 valence electrons. The van der Waals surface area contributed by atoms with E-state index in [1.165, 1.54) is 0 Å². The van der Waals surface area contributed by atoms with Crippen molar-refractivity contribution in [2.45, 2.75) is 12.0 Å². The Labute approximate surface area is 74.7 Å². The Morgan fingerprint density at radius 2 is 2.31 bits per heavy atom. The molecule has 0 bridgehead atoms. The summed E-state index contributed by atoms with van der Waals surface area (Å²) in [6.45, 7) is 1.17. The van der Waals surface area contributed by atoms with E-state index in [2.05, 4.69) is 15.5 Å². The second kappa shape index (κ2) is 2.57. The van der Waals surface area contributed by atoms with Crippen molar-refractivity contribution < 1.29 is 5.11 Å². The molecule has 1 fully saturated rings. The summed E-state index contributed by atoms with van der Waals surface area (Å²) in [4.78, 5) is 0. The topological polar surface area (TPSA) is 115 Å². The van der Waals surface area contributed by atoms with E-state index in [1.54, 1.807) is 0 Å². The molecule has 0 aromatic carbocycles. The molecule has 0 amide bonds. The minimum Gasteiger partial charge on any atom is -0.380 e. The van der Waals surface area contributed by atoms with Crippen molar-refractivity contribution in [2.75, 3.05) is 24.7 Å². The van der Waals surface area contributed by atoms with Crippen LogP contribution in [0.25, 0.3) is 0 Å². The zero-order valence-electron chi connectivity index (χ0n) is 7.06. The van der Waals surface area contributed by atoms with Crippen LogP contribution in [0.15, 0.2) is 0 Å². The maximum absolute atomic E-state index is 10.0. The van der Waals surface area contributed by atoms with E-state index in [4.69, 9.17) is 11.6 Å². The molecule has 1 atom stereocenters. The summed E-state index contributed by atoms with van der Waals surface area (Å²) in [6, 6.07) is 0. The van der Waals surface area contributed by atoms with Gasteiger partial charge in [0.25, 0.3) is 0 Å². The summed E-state index contributed by atoms with van der Waals surface area (Å²) in [6.07, 6.45) is 0.572. The summed E-state index contributed by atoms with van der Waals surface area (Å²) >= 11 is 0. The second-order valence-electron chi connectivity index (χ2n) is 3.21. The predicted octanol–water partition coefficient (Wildman–Crippen LogP) is -2.25. The highest BCUT2D eigenvalue weighted by Gasteiger charge is 2.38. The largest absolute Gasteiger partial charge is 0.380 e. The first kappa shape index (κ1) is 8.27. The molecule has 0 aliphatic carbocycles. The van der Waals surface area contributed by atoms with Crippen molar-refractivity contribution in [3.8, 4) is 0 Å². The third-order valence-electron chi connectivity index (χ3n) is 2.27. The number of aromatic nitrogens is 3. The number of hydrogen-bond acceptors (Lipinski definition) is 6. The molecule has 6 N–H and O–H groups in total. The van der Waals surface area contributed by atoms with E-state index < -0.39 is 5.60 Å². The molecule has 0 radical (unpaired) electrons. The zero-order valence-corrected chi connectivity index (χ0v) is 7.06. The lowest BCUT2D eigenvalue weighted by Crippen LogP contribution is -2.34. The summed E-state index contributed by atoms with van der Waals surface area (Å²) in [5.74, 6) is 5.97. The van der Waals surface area contributed by atoms with E-state index in [1.807, 2.05) is 0 Å². The van der Waals surface area contributed by atoms with Crippen molar-refractivity contribution in [2.24, 2.45) is 0 Å². The van der Waals surface area contributed by atoms with Gasteiger partial charge in [-0.1, -0.05) is 0 Å². The van der Waals surface area contributed by atoms with Crippen LogP contribution in [0.3, 0.4) is 0 Å². The molecule has 2 rings (SSSR count). The fourth-order valence-electron chi connectivity index (χ4n) is 1.49. The molecule has 7 nitrogen and oxygen atoms in total. The van der Waals surface area contributed by atoms with Gasteiger partial charge >= 0.3 is 0 Å². The van der Waals surface area contributed by atoms with Crippen molar-refractivity contribution >= 4 is 5.95 Å². The Balaban J connectivity index is 2.39. The minimum absolute atomic E-state index is 0.107. The number of β-amino-alcohol motifs (C(OH)–C–C–N with tert-alkyl or cyclic N) is 1. The van der Waals surface area contributed by atoms with E-state index in [9.17, 15) is 5.11 Å². The molecule has 1 unspecified atom stereocenters. The first-order valence-corrected chi connectivity index (χ1v) is 4.03. The number of rotatable bonds is 1. The molecule has 7 heteroatoms. The lowest BCUT2D eigenvalue weighted by Gasteiger charge is -2.18. The Morgan fingerprint density at radius 1 is 1.54 bits per heavy atom. The Hall–Kier alpha value is -1.34. The number of hydrogen-bond donors (Lipinski definition) is 4. The number of nitrogens with one attached hydrogen (secondary N) is 1. The second-order valence-corrected chi connectivity index (χ2v) is 3.21. The average molecular weight is 184 g/mol. The van der Waals surface area contributed by atoms with Gasteiger partial charge in [-0.05, 0) is 13.0 Å². The van der Waals surface area contributed by atoms with Crippen LogP contribution in [0.5, 0.6) is 0 Å². The van der Waals surface area contributed by atoms with Crippen LogP contribution in [-0.4, -0.2) is 33.1 Å². The van der Waals surface area contributed by atoms with Gasteiger partial charge in [-0.3, -0.25) is 0 Å². The Kier molecular flexibility index (Phi) is 1.64. The SMILES string of the molecule is Nc1nnc(C2(O)CCNC2)n1N. The van der Waals surface area contributed by atoms with Gasteiger partial charge in [0.15, 0.2) is 5.82 Å². The highest BCUT2D eigenvalue weighted by Crippen LogP contribution is 2.25. The molecular formula is C6H12N6O. The quantitative estimate of drug-likeness (QED) is 0.367. The average Bonchev–Trinajstić information content (AvgIpc) is 2.63. The molecule has 13 heavy (non-hydrogen) atoms. The van der Waals surface area contributed by atoms with Gasteiger partial charge in [-0.2, -0.15) is 0 Å². The predicted molar refractivity (Wildman–Crippen MR) is 46.0 cm³/mol. The van der Waals surface area contributed by atoms with Crippen molar-refractivity contribution in [3.05, 3.63) is 5.82 Å². The first-order chi connectivity index (χ1) is 6.13. The monoisotopic (exact) mass is 184 g/mol. The third-order valence-corrected chi connectivity index (χ3v) is 2.27. The maximum atomic E-state index is 10.0. The smallest absolute Gasteiger partial charge is 0.240 e. The molecule has 1 aromatic heterocycles. The van der Waals surface area contributed by atoms with Gasteiger partial charge in [0, 0.05) is 6.54 Å². The first-order valence-electron chi connectivity index (χ1n) is 4.03. The molecular weight excluding hydrogens is 172 g/mol. The van der Waals surface area contributed by atoms with Crippen LogP contribution in [0.1, 0.15) is 12.2 Å². The maximum Gasteiger partial charge on any atom is 0.240 e. The minimum atomic E-state index is -1.03. The van der Waals surface area contributed by atoms with Crippen molar-refractivity contribution in [1.29, 1.82) is 0 Å². The van der Waals surface area contributed by atoms with Gasteiger partial charge in [0.1, 0.15) is 5.60 Å². The lowest BCUT2D eigenvalue weighted by molar-refractivity contribution is 0.0468. The molecule has 1 aliphatic heterocycles. The van der Waals surface area contributed by atoms with Gasteiger partial charge < -0.3 is 22.0 Å². The van der Waals surface area contributed by atoms with Crippen molar-refractivity contribution in [1.82, 2.24) is 20.2 Å². The molecule has 1 aromatic rings. The normalized spacial score (nSPS) is 28.1. The van der Waals surface area contributed by atoms with E-state index >= 15 is 0 Å². The lowest BCUT2D eigenvalue weighted by atomic mass is 10.0. The van der Waals surface area contributed by atoms with Crippen LogP contribution in [0.2, 0.25) is 0 Å². The fourth-order valence-corrected chi connectivity index (χ4v) is 1.49. The number of nitrogens with two attached hydrogens (primary N) is 2. The van der Waals surface area contributed by atoms with Gasteiger partial charge in [-0.25, -0.2) is 4.68 Å². The van der Waals surface area contributed by atoms with Gasteiger partial charge in [-0.15, -0.1) is 10.2 Å². The van der Waals surface area contributed by atoms with Crippen LogP contribution in [0, 0.1) is 0 Å². The van der Waals surface area contributed by atoms with E-state index in [0.717, 1.165) is 11.2 Å². The molecule has 2 heterocycles. The van der Waals surface area contributed by atoms with Gasteiger partial charge in [0.2, 0.25) is 5.95 Å². The highest BCUT2D eigenvalue weighted by molar-refractivity contribution is 5.21. The number of anilines is 1. The molecule has 1 saturated heterocycles. The molecule has 0 saturated carbocycles. The van der Waals surface area contributed by atoms with E-state index in [0.29, 0.717) is 18.8 Å². The number of nitrogen functional groups attached to an aromatic ring is 2. The van der Waals surface area contributed by atoms with Crippen LogP contribution < -0.4 is 16.9 Å². The van der Waals surface area contributed by atoms with Gasteiger partial charge in [0.05, 0.1) is 0 Å². The number of nitrogens with zero attached hydrogens (tertiary/aromatic N) is 3.